The molecule has 2 aromatic rings. The summed E-state index contributed by atoms with van der Waals surface area (Å²) in [6.07, 6.45) is 0. The molecule has 0 aromatic heterocycles. The van der Waals surface area contributed by atoms with Crippen molar-refractivity contribution in [2.75, 3.05) is 14.2 Å². The molecule has 0 atom stereocenters. The molecule has 0 radical (unpaired) electrons. The zero-order valence-corrected chi connectivity index (χ0v) is 15.3. The second-order valence-corrected chi connectivity index (χ2v) is 7.02. The lowest BCUT2D eigenvalue weighted by Gasteiger charge is -2.15. The first kappa shape index (κ1) is 19.9. The van der Waals surface area contributed by atoms with E-state index in [1.165, 1.54) is 38.5 Å². The third-order valence-corrected chi connectivity index (χ3v) is 5.16. The van der Waals surface area contributed by atoms with Crippen LogP contribution in [0, 0.1) is 6.92 Å². The number of benzene rings is 2. The van der Waals surface area contributed by atoms with E-state index in [9.17, 15) is 17.2 Å². The van der Waals surface area contributed by atoms with Gasteiger partial charge in [-0.2, -0.15) is 8.78 Å². The second kappa shape index (κ2) is 8.33. The Morgan fingerprint density at radius 1 is 1.04 bits per heavy atom. The Kier molecular flexibility index (Phi) is 6.38. The molecule has 142 valence electrons. The van der Waals surface area contributed by atoms with E-state index in [0.29, 0.717) is 11.3 Å². The number of halogens is 2. The molecule has 0 aliphatic carbocycles. The van der Waals surface area contributed by atoms with Crippen LogP contribution in [0.25, 0.3) is 0 Å². The molecule has 0 fully saturated rings. The normalized spacial score (nSPS) is 11.5. The van der Waals surface area contributed by atoms with E-state index in [1.54, 1.807) is 19.1 Å². The number of sulfonamides is 1. The molecule has 0 amide bonds. The Balaban J connectivity index is 2.28. The summed E-state index contributed by atoms with van der Waals surface area (Å²) in [4.78, 5) is 0.00223. The van der Waals surface area contributed by atoms with Crippen LogP contribution in [0.1, 0.15) is 11.1 Å². The Hall–Kier alpha value is -2.39. The number of hydrogen-bond acceptors (Lipinski definition) is 5. The van der Waals surface area contributed by atoms with Gasteiger partial charge in [-0.1, -0.05) is 18.2 Å². The van der Waals surface area contributed by atoms with Crippen LogP contribution < -0.4 is 18.9 Å². The SMILES string of the molecule is COc1cc(C)c(S(=O)(=O)NCc2ccccc2OC(F)F)cc1OC. The first-order valence-electron chi connectivity index (χ1n) is 7.53. The van der Waals surface area contributed by atoms with Crippen LogP contribution in [-0.2, 0) is 16.6 Å². The Bertz CT molecular complexity index is 871. The highest BCUT2D eigenvalue weighted by Gasteiger charge is 2.21. The lowest BCUT2D eigenvalue weighted by Crippen LogP contribution is -2.24. The van der Waals surface area contributed by atoms with E-state index in [0.717, 1.165) is 0 Å². The van der Waals surface area contributed by atoms with E-state index in [2.05, 4.69) is 9.46 Å². The van der Waals surface area contributed by atoms with Gasteiger partial charge in [0.05, 0.1) is 19.1 Å². The van der Waals surface area contributed by atoms with Gasteiger partial charge in [-0.3, -0.25) is 0 Å². The molecule has 9 heteroatoms. The zero-order chi connectivity index (χ0) is 19.3. The van der Waals surface area contributed by atoms with Gasteiger partial charge in [0, 0.05) is 18.2 Å². The van der Waals surface area contributed by atoms with E-state index in [-0.39, 0.29) is 28.5 Å². The molecule has 0 heterocycles. The predicted molar refractivity (Wildman–Crippen MR) is 91.4 cm³/mol. The molecule has 26 heavy (non-hydrogen) atoms. The van der Waals surface area contributed by atoms with Gasteiger partial charge >= 0.3 is 6.61 Å². The van der Waals surface area contributed by atoms with Crippen molar-refractivity contribution in [2.24, 2.45) is 0 Å². The molecule has 0 aliphatic rings. The number of para-hydroxylation sites is 1. The van der Waals surface area contributed by atoms with Crippen molar-refractivity contribution in [3.05, 3.63) is 47.5 Å². The van der Waals surface area contributed by atoms with Gasteiger partial charge in [-0.15, -0.1) is 0 Å². The smallest absolute Gasteiger partial charge is 0.387 e. The third-order valence-electron chi connectivity index (χ3n) is 3.61. The summed E-state index contributed by atoms with van der Waals surface area (Å²) in [5.41, 5.74) is 0.738. The van der Waals surface area contributed by atoms with Crippen LogP contribution in [0.3, 0.4) is 0 Å². The Morgan fingerprint density at radius 2 is 1.65 bits per heavy atom. The fourth-order valence-electron chi connectivity index (χ4n) is 2.36. The molecular formula is C17H19F2NO5S. The number of nitrogens with one attached hydrogen (secondary N) is 1. The highest BCUT2D eigenvalue weighted by Crippen LogP contribution is 2.32. The molecule has 1 N–H and O–H groups in total. The van der Waals surface area contributed by atoms with Crippen LogP contribution >= 0.6 is 0 Å². The highest BCUT2D eigenvalue weighted by molar-refractivity contribution is 7.89. The Morgan fingerprint density at radius 3 is 2.27 bits per heavy atom. The van der Waals surface area contributed by atoms with Gasteiger partial charge in [0.25, 0.3) is 0 Å². The lowest BCUT2D eigenvalue weighted by molar-refractivity contribution is -0.0504. The van der Waals surface area contributed by atoms with Crippen molar-refractivity contribution in [3.8, 4) is 17.2 Å². The molecule has 2 aromatic carbocycles. The van der Waals surface area contributed by atoms with Gasteiger partial charge in [-0.25, -0.2) is 13.1 Å². The zero-order valence-electron chi connectivity index (χ0n) is 14.5. The summed E-state index contributed by atoms with van der Waals surface area (Å²) >= 11 is 0. The maximum Gasteiger partial charge on any atom is 0.387 e. The number of alkyl halides is 2. The first-order valence-corrected chi connectivity index (χ1v) is 9.01. The average Bonchev–Trinajstić information content (AvgIpc) is 2.60. The number of rotatable bonds is 8. The number of ether oxygens (including phenoxy) is 3. The number of methoxy groups -OCH3 is 2. The molecule has 0 unspecified atom stereocenters. The topological polar surface area (TPSA) is 73.9 Å². The van der Waals surface area contributed by atoms with Crippen molar-refractivity contribution in [2.45, 2.75) is 25.0 Å². The van der Waals surface area contributed by atoms with Crippen molar-refractivity contribution < 1.29 is 31.4 Å². The standard InChI is InChI=1S/C17H19F2NO5S/c1-11-8-14(23-2)15(24-3)9-16(11)26(21,22)20-10-12-6-4-5-7-13(12)25-17(18)19/h4-9,17,20H,10H2,1-3H3. The lowest BCUT2D eigenvalue weighted by atomic mass is 10.2. The predicted octanol–water partition coefficient (Wildman–Crippen LogP) is 3.09. The molecular weight excluding hydrogens is 368 g/mol. The van der Waals surface area contributed by atoms with E-state index in [1.807, 2.05) is 0 Å². The minimum atomic E-state index is -3.92. The average molecular weight is 387 g/mol. The Labute approximate surface area is 150 Å². The summed E-state index contributed by atoms with van der Waals surface area (Å²) < 4.78 is 67.2. The molecule has 0 saturated heterocycles. The maximum absolute atomic E-state index is 12.6. The van der Waals surface area contributed by atoms with Crippen LogP contribution in [-0.4, -0.2) is 29.2 Å². The minimum Gasteiger partial charge on any atom is -0.493 e. The summed E-state index contributed by atoms with van der Waals surface area (Å²) in [5, 5.41) is 0. The van der Waals surface area contributed by atoms with Crippen molar-refractivity contribution in [1.29, 1.82) is 0 Å². The van der Waals surface area contributed by atoms with E-state index >= 15 is 0 Å². The van der Waals surface area contributed by atoms with Crippen LogP contribution in [0.4, 0.5) is 8.78 Å². The van der Waals surface area contributed by atoms with Crippen LogP contribution in [0.2, 0.25) is 0 Å². The first-order chi connectivity index (χ1) is 12.3. The fraction of sp³-hybridized carbons (Fsp3) is 0.294. The second-order valence-electron chi connectivity index (χ2n) is 5.28. The quantitative estimate of drug-likeness (QED) is 0.754. The summed E-state index contributed by atoms with van der Waals surface area (Å²) in [7, 11) is -1.07. The molecule has 0 aliphatic heterocycles. The van der Waals surface area contributed by atoms with Gasteiger partial charge < -0.3 is 14.2 Å². The third kappa shape index (κ3) is 4.61. The monoisotopic (exact) mass is 387 g/mol. The van der Waals surface area contributed by atoms with Crippen molar-refractivity contribution in [1.82, 2.24) is 4.72 Å². The van der Waals surface area contributed by atoms with Gasteiger partial charge in [0.1, 0.15) is 5.75 Å². The summed E-state index contributed by atoms with van der Waals surface area (Å²) in [6.45, 7) is -1.59. The maximum atomic E-state index is 12.6. The largest absolute Gasteiger partial charge is 0.493 e. The summed E-state index contributed by atoms with van der Waals surface area (Å²) in [5.74, 6) is 0.578. The van der Waals surface area contributed by atoms with Gasteiger partial charge in [0.2, 0.25) is 10.0 Å². The fourth-order valence-corrected chi connectivity index (χ4v) is 3.61. The van der Waals surface area contributed by atoms with Gasteiger partial charge in [0.15, 0.2) is 11.5 Å². The van der Waals surface area contributed by atoms with Crippen molar-refractivity contribution >= 4 is 10.0 Å². The van der Waals surface area contributed by atoms with E-state index < -0.39 is 16.6 Å². The minimum absolute atomic E-state index is 0.00223. The summed E-state index contributed by atoms with van der Waals surface area (Å²) in [6, 6.07) is 8.86. The van der Waals surface area contributed by atoms with Crippen molar-refractivity contribution in [3.63, 3.8) is 0 Å². The number of hydrogen-bond donors (Lipinski definition) is 1. The molecule has 0 bridgehead atoms. The molecule has 0 spiro atoms. The molecule has 0 saturated carbocycles. The molecule has 2 rings (SSSR count). The van der Waals surface area contributed by atoms with Crippen LogP contribution in [0.5, 0.6) is 17.2 Å². The van der Waals surface area contributed by atoms with Crippen LogP contribution in [0.15, 0.2) is 41.3 Å². The molecule has 6 nitrogen and oxygen atoms in total. The highest BCUT2D eigenvalue weighted by atomic mass is 32.2. The van der Waals surface area contributed by atoms with Gasteiger partial charge in [-0.05, 0) is 24.6 Å². The van der Waals surface area contributed by atoms with E-state index in [4.69, 9.17) is 9.47 Å². The number of aryl methyl sites for hydroxylation is 1.